The molecule has 0 amide bonds. The number of halogens is 3. The molecule has 0 radical (unpaired) electrons. The molecule has 3 N–H and O–H groups in total. The van der Waals surface area contributed by atoms with Crippen LogP contribution in [-0.4, -0.2) is 69.7 Å². The molecule has 0 fully saturated rings. The number of nitrogens with zero attached hydrogens (tertiary/aromatic N) is 7. The first-order valence-corrected chi connectivity index (χ1v) is 16.5. The number of aromatic carboxylic acids is 3. The maximum Gasteiger partial charge on any atom is 2.00 e. The standard InChI is InChI=1S/C18H11N3O6.C14H9F3N3S2.CNS.Ru/c22-16(23)9-1-3-19-12(5-9)14-7-11(18(26)27)8-15(21-14)13-6-10(17(24)25)2-4-20-13;1-21-13-5-4-11(22-13)8-2-3-9(18-7-8)10-6-12(20-19-10)14(15,16)17;2-1-3;/h1-8H,(H,22,23)(H,24,25)(H,26,27);2-7H,1H3;;/q;2*-1;+2. The molecule has 270 valence electrons. The Kier molecular flexibility index (Phi) is 14.9. The van der Waals surface area contributed by atoms with Crippen LogP contribution >= 0.6 is 35.3 Å². The van der Waals surface area contributed by atoms with Gasteiger partial charge in [-0.05, 0) is 73.0 Å². The van der Waals surface area contributed by atoms with E-state index in [1.807, 2.05) is 24.5 Å². The first-order chi connectivity index (χ1) is 24.7. The Hall–Kier alpha value is -5.52. The van der Waals surface area contributed by atoms with Crippen molar-refractivity contribution in [3.63, 3.8) is 0 Å². The van der Waals surface area contributed by atoms with Gasteiger partial charge in [0.05, 0.1) is 43.7 Å². The van der Waals surface area contributed by atoms with Gasteiger partial charge in [-0.1, -0.05) is 17.9 Å². The topological polar surface area (TPSA) is 213 Å². The largest absolute Gasteiger partial charge is 2.00 e. The van der Waals surface area contributed by atoms with Gasteiger partial charge in [0.25, 0.3) is 0 Å². The molecule has 13 nitrogen and oxygen atoms in total. The molecule has 0 saturated heterocycles. The number of carbonyl (C=O) groups is 3. The number of thiocarbonyl (C=S) groups is 1. The van der Waals surface area contributed by atoms with Crippen molar-refractivity contribution in [2.75, 3.05) is 6.26 Å². The number of pyridine rings is 4. The van der Waals surface area contributed by atoms with E-state index >= 15 is 0 Å². The van der Waals surface area contributed by atoms with Gasteiger partial charge in [0, 0.05) is 34.7 Å². The second-order valence-corrected chi connectivity index (χ2v) is 12.2. The van der Waals surface area contributed by atoms with Gasteiger partial charge in [-0.15, -0.1) is 23.1 Å². The fraction of sp³-hybridized carbons (Fsp3) is 0.0606. The molecule has 0 saturated carbocycles. The van der Waals surface area contributed by atoms with Crippen molar-refractivity contribution in [2.24, 2.45) is 0 Å². The minimum absolute atomic E-state index is 0. The summed E-state index contributed by atoms with van der Waals surface area (Å²) in [6.07, 6.45) is 1.70. The number of carboxylic acid groups (broad SMARTS) is 3. The Bertz CT molecular complexity index is 2200. The maximum absolute atomic E-state index is 12.5. The quantitative estimate of drug-likeness (QED) is 0.0584. The number of rotatable bonds is 8. The molecule has 0 aromatic carbocycles. The molecule has 53 heavy (non-hydrogen) atoms. The second-order valence-electron chi connectivity index (χ2n) is 9.86. The molecule has 6 aromatic heterocycles. The van der Waals surface area contributed by atoms with Crippen LogP contribution in [0.5, 0.6) is 0 Å². The van der Waals surface area contributed by atoms with Crippen LogP contribution in [0.2, 0.25) is 0 Å². The Balaban J connectivity index is 0.000000265. The van der Waals surface area contributed by atoms with Gasteiger partial charge >= 0.3 is 43.6 Å². The van der Waals surface area contributed by atoms with E-state index in [0.29, 0.717) is 5.69 Å². The molecule has 0 spiro atoms. The molecular formula is C33H20F3N7O6RuS3. The van der Waals surface area contributed by atoms with Crippen LogP contribution in [0.15, 0.2) is 89.5 Å². The normalized spacial score (nSPS) is 10.3. The molecule has 0 unspecified atom stereocenters. The first-order valence-electron chi connectivity index (χ1n) is 14.1. The van der Waals surface area contributed by atoms with E-state index in [1.54, 1.807) is 35.4 Å². The summed E-state index contributed by atoms with van der Waals surface area (Å²) in [6.45, 7) is 0. The van der Waals surface area contributed by atoms with E-state index < -0.39 is 29.8 Å². The summed E-state index contributed by atoms with van der Waals surface area (Å²) < 4.78 is 38.7. The van der Waals surface area contributed by atoms with Gasteiger partial charge < -0.3 is 30.9 Å². The fourth-order valence-corrected chi connectivity index (χ4v) is 5.69. The summed E-state index contributed by atoms with van der Waals surface area (Å²) in [7, 11) is 0. The molecule has 0 aliphatic carbocycles. The van der Waals surface area contributed by atoms with Crippen LogP contribution in [0, 0.1) is 0 Å². The van der Waals surface area contributed by atoms with Crippen LogP contribution in [0.25, 0.3) is 50.0 Å². The number of isothiocyanates is 1. The summed E-state index contributed by atoms with van der Waals surface area (Å²) in [5.41, 5.74) is 0.780. The summed E-state index contributed by atoms with van der Waals surface area (Å²) in [5, 5.41) is 42.7. The third-order valence-corrected chi connectivity index (χ3v) is 8.75. The predicted octanol–water partition coefficient (Wildman–Crippen LogP) is 7.53. The summed E-state index contributed by atoms with van der Waals surface area (Å²) >= 11 is 7.00. The Labute approximate surface area is 323 Å². The summed E-state index contributed by atoms with van der Waals surface area (Å²) in [6, 6.07) is 16.0. The Morgan fingerprint density at radius 2 is 1.32 bits per heavy atom. The van der Waals surface area contributed by atoms with Crippen molar-refractivity contribution >= 4 is 58.4 Å². The summed E-state index contributed by atoms with van der Waals surface area (Å²) in [4.78, 5) is 51.4. The van der Waals surface area contributed by atoms with Crippen LogP contribution in [0.1, 0.15) is 36.8 Å². The molecule has 0 aliphatic rings. The zero-order valence-electron chi connectivity index (χ0n) is 26.5. The average molecular weight is 865 g/mol. The number of carboxylic acids is 3. The van der Waals surface area contributed by atoms with Crippen LogP contribution in [-0.2, 0) is 25.7 Å². The monoisotopic (exact) mass is 865 g/mol. The van der Waals surface area contributed by atoms with Crippen molar-refractivity contribution in [2.45, 2.75) is 10.4 Å². The van der Waals surface area contributed by atoms with E-state index in [0.717, 1.165) is 16.5 Å². The van der Waals surface area contributed by atoms with E-state index in [9.17, 15) is 32.7 Å². The van der Waals surface area contributed by atoms with E-state index in [1.165, 1.54) is 58.2 Å². The number of thioether (sulfide) groups is 1. The third-order valence-electron chi connectivity index (χ3n) is 6.53. The van der Waals surface area contributed by atoms with Crippen molar-refractivity contribution in [1.29, 1.82) is 0 Å². The molecule has 6 heterocycles. The van der Waals surface area contributed by atoms with Crippen molar-refractivity contribution in [3.05, 3.63) is 113 Å². The predicted molar refractivity (Wildman–Crippen MR) is 188 cm³/mol. The van der Waals surface area contributed by atoms with Gasteiger partial charge in [0.1, 0.15) is 5.69 Å². The number of thiophene rings is 1. The first kappa shape index (κ1) is 41.9. The van der Waals surface area contributed by atoms with E-state index in [2.05, 4.69) is 42.4 Å². The zero-order valence-corrected chi connectivity index (χ0v) is 30.7. The van der Waals surface area contributed by atoms with Crippen molar-refractivity contribution in [1.82, 2.24) is 30.1 Å². The van der Waals surface area contributed by atoms with Crippen LogP contribution < -0.4 is 5.10 Å². The van der Waals surface area contributed by atoms with Gasteiger partial charge in [-0.25, -0.2) is 19.4 Å². The third kappa shape index (κ3) is 11.2. The zero-order chi connectivity index (χ0) is 38.0. The molecule has 6 aromatic rings. The van der Waals surface area contributed by atoms with Crippen molar-refractivity contribution < 1.29 is 62.4 Å². The van der Waals surface area contributed by atoms with E-state index in [-0.39, 0.29) is 64.6 Å². The molecule has 0 atom stereocenters. The molecule has 20 heteroatoms. The molecular weight excluding hydrogens is 845 g/mol. The number of hydrogen-bond donors (Lipinski definition) is 3. The Morgan fingerprint density at radius 3 is 1.74 bits per heavy atom. The summed E-state index contributed by atoms with van der Waals surface area (Å²) in [5.74, 6) is -3.56. The van der Waals surface area contributed by atoms with E-state index in [4.69, 9.17) is 15.6 Å². The van der Waals surface area contributed by atoms with Gasteiger partial charge in [-0.3, -0.25) is 15.0 Å². The molecule has 0 bridgehead atoms. The smallest absolute Gasteiger partial charge is 0.753 e. The van der Waals surface area contributed by atoms with Crippen LogP contribution in [0.4, 0.5) is 13.2 Å². The minimum atomic E-state index is -4.49. The van der Waals surface area contributed by atoms with Gasteiger partial charge in [0.2, 0.25) is 0 Å². The SMILES string of the molecule is CSc1ccc(-c2ccc(-c3cc(C(F)(F)F)n[n-]3)nc2)s1.O=C(O)c1ccnc(-c2cc(C(=O)O)cc(-c3cc(C(=O)O)ccn3)n2)c1.[N-]=C=S.[Ru+2]. The Morgan fingerprint density at radius 1 is 0.792 bits per heavy atom. The number of hydrogen-bond acceptors (Lipinski definition) is 11. The maximum atomic E-state index is 12.5. The fourth-order valence-electron chi connectivity index (χ4n) is 4.16. The minimum Gasteiger partial charge on any atom is -0.753 e. The molecule has 0 aliphatic heterocycles. The average Bonchev–Trinajstić information content (AvgIpc) is 3.84. The van der Waals surface area contributed by atoms with Crippen molar-refractivity contribution in [3.8, 4) is 44.6 Å². The van der Waals surface area contributed by atoms with Gasteiger partial charge in [0.15, 0.2) is 0 Å². The van der Waals surface area contributed by atoms with Crippen LogP contribution in [0.3, 0.4) is 0 Å². The second kappa shape index (κ2) is 18.8. The number of aromatic nitrogens is 6. The van der Waals surface area contributed by atoms with Gasteiger partial charge in [-0.2, -0.15) is 18.3 Å². The molecule has 6 rings (SSSR count). The number of alkyl halides is 3.